The van der Waals surface area contributed by atoms with Gasteiger partial charge in [-0.05, 0) is 12.8 Å². The molecule has 0 radical (unpaired) electrons. The van der Waals surface area contributed by atoms with Crippen molar-refractivity contribution in [3.05, 3.63) is 0 Å². The first kappa shape index (κ1) is 41.5. The molecule has 42 heavy (non-hydrogen) atoms. The molecular formula is C32H65O9P. The Kier molecular flexibility index (Phi) is 30.1. The van der Waals surface area contributed by atoms with Crippen LogP contribution in [-0.4, -0.2) is 66.3 Å². The fourth-order valence-electron chi connectivity index (χ4n) is 4.65. The van der Waals surface area contributed by atoms with Crippen LogP contribution in [0.5, 0.6) is 0 Å². The summed E-state index contributed by atoms with van der Waals surface area (Å²) in [5.74, 6) is -0.384. The Labute approximate surface area is 257 Å². The summed E-state index contributed by atoms with van der Waals surface area (Å²) in [5, 5.41) is 18.2. The van der Waals surface area contributed by atoms with Crippen LogP contribution in [0.15, 0.2) is 0 Å². The Hall–Kier alpha value is -0.540. The van der Waals surface area contributed by atoms with Crippen molar-refractivity contribution in [1.29, 1.82) is 0 Å². The molecular weight excluding hydrogens is 559 g/mol. The van der Waals surface area contributed by atoms with Crippen LogP contribution in [0.25, 0.3) is 0 Å². The number of hydrogen-bond acceptors (Lipinski definition) is 8. The molecule has 0 fully saturated rings. The molecule has 3 N–H and O–H groups in total. The Morgan fingerprint density at radius 3 is 1.55 bits per heavy atom. The van der Waals surface area contributed by atoms with E-state index in [-0.39, 0.29) is 25.6 Å². The summed E-state index contributed by atoms with van der Waals surface area (Å²) in [5.41, 5.74) is 0. The lowest BCUT2D eigenvalue weighted by Crippen LogP contribution is -2.29. The van der Waals surface area contributed by atoms with E-state index >= 15 is 0 Å². The molecule has 0 saturated carbocycles. The fraction of sp³-hybridized carbons (Fsp3) is 0.969. The summed E-state index contributed by atoms with van der Waals surface area (Å²) >= 11 is 0. The van der Waals surface area contributed by atoms with Gasteiger partial charge in [0.15, 0.2) is 0 Å². The van der Waals surface area contributed by atoms with Gasteiger partial charge in [-0.25, -0.2) is 4.57 Å². The molecule has 0 aliphatic rings. The predicted octanol–water partition coefficient (Wildman–Crippen LogP) is 8.02. The van der Waals surface area contributed by atoms with Gasteiger partial charge in [-0.1, -0.05) is 136 Å². The molecule has 0 aromatic heterocycles. The number of esters is 1. The molecule has 0 aromatic rings. The minimum atomic E-state index is -4.49. The van der Waals surface area contributed by atoms with E-state index in [1.807, 2.05) is 0 Å². The Bertz CT molecular complexity index is 635. The van der Waals surface area contributed by atoms with Crippen LogP contribution in [0, 0.1) is 0 Å². The van der Waals surface area contributed by atoms with Gasteiger partial charge < -0.3 is 24.6 Å². The number of phosphoric acid groups is 1. The van der Waals surface area contributed by atoms with E-state index in [0.29, 0.717) is 6.61 Å². The SMILES string of the molecule is CCCCCCCCCCCCCCOCC(COP(=O)(O)OCC(O)CO)OC(=O)CCCCCCCCCCC. The van der Waals surface area contributed by atoms with Crippen LogP contribution in [0.3, 0.4) is 0 Å². The molecule has 9 nitrogen and oxygen atoms in total. The highest BCUT2D eigenvalue weighted by Gasteiger charge is 2.26. The topological polar surface area (TPSA) is 132 Å². The molecule has 3 atom stereocenters. The number of aliphatic hydroxyl groups excluding tert-OH is 2. The lowest BCUT2D eigenvalue weighted by atomic mass is 10.1. The molecule has 0 aromatic carbocycles. The van der Waals surface area contributed by atoms with E-state index in [1.54, 1.807) is 0 Å². The second-order valence-corrected chi connectivity index (χ2v) is 13.0. The number of phosphoric ester groups is 1. The largest absolute Gasteiger partial charge is 0.472 e. The minimum absolute atomic E-state index is 0.0563. The van der Waals surface area contributed by atoms with Gasteiger partial charge in [-0.15, -0.1) is 0 Å². The van der Waals surface area contributed by atoms with E-state index in [0.717, 1.165) is 32.1 Å². The molecule has 10 heteroatoms. The molecule has 252 valence electrons. The molecule has 0 amide bonds. The molecule has 0 heterocycles. The van der Waals surface area contributed by atoms with Crippen molar-refractivity contribution in [3.63, 3.8) is 0 Å². The summed E-state index contributed by atoms with van der Waals surface area (Å²) in [6.07, 6.45) is 23.5. The van der Waals surface area contributed by atoms with Crippen LogP contribution in [-0.2, 0) is 27.9 Å². The van der Waals surface area contributed by atoms with Gasteiger partial charge in [-0.3, -0.25) is 13.8 Å². The minimum Gasteiger partial charge on any atom is -0.457 e. The van der Waals surface area contributed by atoms with Crippen LogP contribution in [0.4, 0.5) is 0 Å². The normalized spacial score (nSPS) is 14.5. The first-order chi connectivity index (χ1) is 20.3. The van der Waals surface area contributed by atoms with Crippen LogP contribution in [0.1, 0.15) is 155 Å². The third kappa shape index (κ3) is 29.5. The Balaban J connectivity index is 4.25. The number of hydrogen-bond donors (Lipinski definition) is 3. The monoisotopic (exact) mass is 624 g/mol. The zero-order valence-electron chi connectivity index (χ0n) is 27.0. The van der Waals surface area contributed by atoms with E-state index in [1.165, 1.54) is 103 Å². The Morgan fingerprint density at radius 2 is 1.07 bits per heavy atom. The van der Waals surface area contributed by atoms with Gasteiger partial charge in [0, 0.05) is 13.0 Å². The molecule has 0 rings (SSSR count). The first-order valence-electron chi connectivity index (χ1n) is 17.0. The number of carbonyl (C=O) groups excluding carboxylic acids is 1. The molecule has 0 aliphatic heterocycles. The lowest BCUT2D eigenvalue weighted by molar-refractivity contribution is -0.154. The molecule has 0 aliphatic carbocycles. The maximum Gasteiger partial charge on any atom is 0.472 e. The maximum absolute atomic E-state index is 12.4. The number of unbranched alkanes of at least 4 members (excludes halogenated alkanes) is 19. The standard InChI is InChI=1S/C32H65O9P/c1-3-5-7-9-11-13-14-15-17-19-21-23-25-38-28-31(29-40-42(36,37)39-27-30(34)26-33)41-32(35)24-22-20-18-16-12-10-8-6-4-2/h30-31,33-34H,3-29H2,1-2H3,(H,36,37). The zero-order chi connectivity index (χ0) is 31.2. The lowest BCUT2D eigenvalue weighted by Gasteiger charge is -2.20. The third-order valence-electron chi connectivity index (χ3n) is 7.29. The summed E-state index contributed by atoms with van der Waals surface area (Å²) < 4.78 is 33.0. The van der Waals surface area contributed by atoms with Crippen molar-refractivity contribution in [2.75, 3.05) is 33.0 Å². The number of carbonyl (C=O) groups is 1. The van der Waals surface area contributed by atoms with Crippen LogP contribution in [0.2, 0.25) is 0 Å². The van der Waals surface area contributed by atoms with Crippen LogP contribution >= 0.6 is 7.82 Å². The summed E-state index contributed by atoms with van der Waals surface area (Å²) in [7, 11) is -4.49. The van der Waals surface area contributed by atoms with Crippen molar-refractivity contribution in [2.24, 2.45) is 0 Å². The third-order valence-corrected chi connectivity index (χ3v) is 8.24. The van der Waals surface area contributed by atoms with Crippen LogP contribution < -0.4 is 0 Å². The summed E-state index contributed by atoms with van der Waals surface area (Å²) in [4.78, 5) is 22.3. The highest BCUT2D eigenvalue weighted by Crippen LogP contribution is 2.43. The Morgan fingerprint density at radius 1 is 0.643 bits per heavy atom. The maximum atomic E-state index is 12.4. The van der Waals surface area contributed by atoms with Crippen molar-refractivity contribution in [3.8, 4) is 0 Å². The molecule has 0 bridgehead atoms. The second-order valence-electron chi connectivity index (χ2n) is 11.6. The van der Waals surface area contributed by atoms with E-state index < -0.39 is 33.2 Å². The highest BCUT2D eigenvalue weighted by molar-refractivity contribution is 7.47. The highest BCUT2D eigenvalue weighted by atomic mass is 31.2. The van der Waals surface area contributed by atoms with Crippen molar-refractivity contribution >= 4 is 13.8 Å². The second kappa shape index (κ2) is 30.5. The van der Waals surface area contributed by atoms with Gasteiger partial charge in [-0.2, -0.15) is 0 Å². The van der Waals surface area contributed by atoms with Gasteiger partial charge in [0.2, 0.25) is 0 Å². The average molecular weight is 625 g/mol. The number of ether oxygens (including phenoxy) is 2. The predicted molar refractivity (Wildman–Crippen MR) is 168 cm³/mol. The van der Waals surface area contributed by atoms with Crippen molar-refractivity contribution < 1.29 is 43.0 Å². The van der Waals surface area contributed by atoms with Gasteiger partial charge in [0.25, 0.3) is 0 Å². The van der Waals surface area contributed by atoms with Gasteiger partial charge in [0.1, 0.15) is 12.2 Å². The van der Waals surface area contributed by atoms with Crippen molar-refractivity contribution in [2.45, 2.75) is 167 Å². The van der Waals surface area contributed by atoms with Gasteiger partial charge >= 0.3 is 13.8 Å². The van der Waals surface area contributed by atoms with E-state index in [2.05, 4.69) is 13.8 Å². The molecule has 0 saturated heterocycles. The van der Waals surface area contributed by atoms with E-state index in [9.17, 15) is 19.4 Å². The summed E-state index contributed by atoms with van der Waals surface area (Å²) in [6.45, 7) is 3.50. The smallest absolute Gasteiger partial charge is 0.457 e. The molecule has 0 spiro atoms. The zero-order valence-corrected chi connectivity index (χ0v) is 27.9. The number of aliphatic hydroxyl groups is 2. The number of rotatable bonds is 33. The van der Waals surface area contributed by atoms with E-state index in [4.69, 9.17) is 23.6 Å². The average Bonchev–Trinajstić information content (AvgIpc) is 2.97. The summed E-state index contributed by atoms with van der Waals surface area (Å²) in [6, 6.07) is 0. The quantitative estimate of drug-likeness (QED) is 0.0377. The fourth-order valence-corrected chi connectivity index (χ4v) is 5.44. The van der Waals surface area contributed by atoms with Gasteiger partial charge in [0.05, 0.1) is 26.4 Å². The molecule has 3 unspecified atom stereocenters. The first-order valence-corrected chi connectivity index (χ1v) is 18.5. The van der Waals surface area contributed by atoms with Crippen molar-refractivity contribution in [1.82, 2.24) is 0 Å².